The number of aliphatic hydroxyl groups is 2. The van der Waals surface area contributed by atoms with Gasteiger partial charge in [-0.3, -0.25) is 4.79 Å². The van der Waals surface area contributed by atoms with Crippen LogP contribution in [0, 0.1) is 0 Å². The van der Waals surface area contributed by atoms with Gasteiger partial charge in [0, 0.05) is 5.33 Å². The van der Waals surface area contributed by atoms with Crippen LogP contribution in [0.5, 0.6) is 0 Å². The number of alkyl halides is 1. The molecule has 0 heterocycles. The summed E-state index contributed by atoms with van der Waals surface area (Å²) in [6, 6.07) is 7.18. The van der Waals surface area contributed by atoms with Gasteiger partial charge in [-0.05, 0) is 11.1 Å². The predicted octanol–water partition coefficient (Wildman–Crippen LogP) is 1.54. The minimum atomic E-state index is -1.16. The third kappa shape index (κ3) is 4.11. The highest BCUT2D eigenvalue weighted by molar-refractivity contribution is 9.08. The molecule has 1 rings (SSSR count). The van der Waals surface area contributed by atoms with Crippen molar-refractivity contribution in [3.63, 3.8) is 0 Å². The molecule has 4 nitrogen and oxygen atoms in total. The lowest BCUT2D eigenvalue weighted by Gasteiger charge is -2.17. The molecule has 0 bridgehead atoms. The minimum Gasteiger partial charge on any atom is -0.469 e. The van der Waals surface area contributed by atoms with Crippen molar-refractivity contribution in [1.82, 2.24) is 0 Å². The van der Waals surface area contributed by atoms with Crippen LogP contribution in [-0.4, -0.2) is 29.4 Å². The Morgan fingerprint density at radius 3 is 2.76 bits per heavy atom. The Hall–Kier alpha value is -0.910. The van der Waals surface area contributed by atoms with Crippen LogP contribution >= 0.6 is 15.9 Å². The fraction of sp³-hybridized carbons (Fsp3) is 0.417. The zero-order chi connectivity index (χ0) is 12.8. The zero-order valence-electron chi connectivity index (χ0n) is 9.47. The van der Waals surface area contributed by atoms with Crippen LogP contribution in [0.25, 0.3) is 0 Å². The Kier molecular flexibility index (Phi) is 5.61. The average Bonchev–Trinajstić information content (AvgIpc) is 2.37. The molecule has 94 valence electrons. The Bertz CT molecular complexity index is 381. The molecule has 0 spiro atoms. The first kappa shape index (κ1) is 14.2. The van der Waals surface area contributed by atoms with Gasteiger partial charge in [0.05, 0.1) is 19.6 Å². The number of aliphatic hydroxyl groups excluding tert-OH is 2. The molecule has 2 N–H and O–H groups in total. The van der Waals surface area contributed by atoms with Gasteiger partial charge < -0.3 is 14.9 Å². The summed E-state index contributed by atoms with van der Waals surface area (Å²) in [6.45, 7) is 0. The molecule has 5 heteroatoms. The van der Waals surface area contributed by atoms with E-state index in [0.29, 0.717) is 10.9 Å². The van der Waals surface area contributed by atoms with E-state index in [1.165, 1.54) is 7.11 Å². The van der Waals surface area contributed by atoms with E-state index >= 15 is 0 Å². The molecule has 0 radical (unpaired) electrons. The number of carbonyl (C=O) groups is 1. The summed E-state index contributed by atoms with van der Waals surface area (Å²) in [5, 5.41) is 20.2. The van der Waals surface area contributed by atoms with Gasteiger partial charge in [-0.25, -0.2) is 0 Å². The summed E-state index contributed by atoms with van der Waals surface area (Å²) >= 11 is 3.31. The summed E-state index contributed by atoms with van der Waals surface area (Å²) in [5.74, 6) is -0.548. The number of halogens is 1. The Labute approximate surface area is 108 Å². The Balaban J connectivity index is 2.73. The number of methoxy groups -OCH3 is 1. The van der Waals surface area contributed by atoms with E-state index in [0.717, 1.165) is 5.56 Å². The number of carbonyl (C=O) groups excluding carboxylic acids is 1. The van der Waals surface area contributed by atoms with Crippen molar-refractivity contribution in [2.45, 2.75) is 24.0 Å². The van der Waals surface area contributed by atoms with Crippen LogP contribution in [0.1, 0.15) is 23.7 Å². The molecule has 17 heavy (non-hydrogen) atoms. The number of hydrogen-bond donors (Lipinski definition) is 2. The van der Waals surface area contributed by atoms with Crippen molar-refractivity contribution >= 4 is 21.9 Å². The second kappa shape index (κ2) is 6.74. The van der Waals surface area contributed by atoms with Crippen molar-refractivity contribution in [2.75, 3.05) is 7.11 Å². The van der Waals surface area contributed by atoms with E-state index in [1.807, 2.05) is 6.07 Å². The number of benzene rings is 1. The largest absolute Gasteiger partial charge is 0.469 e. The first-order chi connectivity index (χ1) is 8.08. The lowest BCUT2D eigenvalue weighted by molar-refractivity contribution is -0.144. The Morgan fingerprint density at radius 1 is 1.47 bits per heavy atom. The second-order valence-corrected chi connectivity index (χ2v) is 4.23. The predicted molar refractivity (Wildman–Crippen MR) is 66.7 cm³/mol. The fourth-order valence-corrected chi connectivity index (χ4v) is 1.80. The van der Waals surface area contributed by atoms with E-state index in [1.54, 1.807) is 18.2 Å². The van der Waals surface area contributed by atoms with E-state index in [-0.39, 0.29) is 6.42 Å². The van der Waals surface area contributed by atoms with Crippen LogP contribution in [0.15, 0.2) is 24.3 Å². The second-order valence-electron chi connectivity index (χ2n) is 3.67. The van der Waals surface area contributed by atoms with E-state index in [4.69, 9.17) is 0 Å². The zero-order valence-corrected chi connectivity index (χ0v) is 11.1. The summed E-state index contributed by atoms with van der Waals surface area (Å²) in [7, 11) is 1.24. The average molecular weight is 303 g/mol. The number of esters is 1. The number of ether oxygens (including phenoxy) is 1. The lowest BCUT2D eigenvalue weighted by atomic mass is 10.0. The fourth-order valence-electron chi connectivity index (χ4n) is 1.45. The third-order valence-corrected chi connectivity index (χ3v) is 3.06. The molecule has 2 unspecified atom stereocenters. The molecule has 0 aliphatic carbocycles. The molecule has 0 aliphatic heterocycles. The highest BCUT2D eigenvalue weighted by atomic mass is 79.9. The molecule has 1 aromatic carbocycles. The molecule has 0 aliphatic rings. The van der Waals surface area contributed by atoms with Crippen molar-refractivity contribution < 1.29 is 19.7 Å². The molecule has 0 fully saturated rings. The van der Waals surface area contributed by atoms with Crippen LogP contribution in [0.4, 0.5) is 0 Å². The monoisotopic (exact) mass is 302 g/mol. The first-order valence-electron chi connectivity index (χ1n) is 5.16. The van der Waals surface area contributed by atoms with Crippen LogP contribution in [-0.2, 0) is 14.9 Å². The van der Waals surface area contributed by atoms with Crippen molar-refractivity contribution in [2.24, 2.45) is 0 Å². The maximum Gasteiger partial charge on any atom is 0.308 e. The van der Waals surface area contributed by atoms with Gasteiger partial charge in [0.15, 0.2) is 0 Å². The third-order valence-electron chi connectivity index (χ3n) is 2.41. The van der Waals surface area contributed by atoms with Crippen LogP contribution in [0.2, 0.25) is 0 Å². The van der Waals surface area contributed by atoms with Crippen LogP contribution < -0.4 is 0 Å². The highest BCUT2D eigenvalue weighted by Gasteiger charge is 2.21. The number of rotatable bonds is 5. The molecule has 0 amide bonds. The van der Waals surface area contributed by atoms with E-state index < -0.39 is 18.2 Å². The topological polar surface area (TPSA) is 66.8 Å². The molecular weight excluding hydrogens is 288 g/mol. The van der Waals surface area contributed by atoms with Gasteiger partial charge in [0.2, 0.25) is 0 Å². The lowest BCUT2D eigenvalue weighted by Crippen LogP contribution is -2.22. The molecule has 0 saturated heterocycles. The maximum atomic E-state index is 11.0. The van der Waals surface area contributed by atoms with Gasteiger partial charge in [-0.15, -0.1) is 0 Å². The van der Waals surface area contributed by atoms with Crippen molar-refractivity contribution in [3.8, 4) is 0 Å². The van der Waals surface area contributed by atoms with Gasteiger partial charge in [0.25, 0.3) is 0 Å². The molecule has 0 aromatic heterocycles. The molecule has 0 saturated carbocycles. The quantitative estimate of drug-likeness (QED) is 0.639. The Morgan fingerprint density at radius 2 is 2.18 bits per heavy atom. The van der Waals surface area contributed by atoms with E-state index in [2.05, 4.69) is 20.7 Å². The molecule has 2 atom stereocenters. The standard InChI is InChI=1S/C12H15BrO4/c1-17-11(15)6-10(14)12(16)9-4-2-3-8(5-9)7-13/h2-5,10,12,14,16H,6-7H2,1H3. The summed E-state index contributed by atoms with van der Waals surface area (Å²) in [5.41, 5.74) is 1.57. The molecule has 1 aromatic rings. The summed E-state index contributed by atoms with van der Waals surface area (Å²) in [6.07, 6.45) is -2.47. The van der Waals surface area contributed by atoms with Gasteiger partial charge in [-0.1, -0.05) is 40.2 Å². The minimum absolute atomic E-state index is 0.226. The summed E-state index contributed by atoms with van der Waals surface area (Å²) < 4.78 is 4.43. The normalized spacial score (nSPS) is 14.1. The van der Waals surface area contributed by atoms with E-state index in [9.17, 15) is 15.0 Å². The maximum absolute atomic E-state index is 11.0. The van der Waals surface area contributed by atoms with Crippen LogP contribution in [0.3, 0.4) is 0 Å². The summed E-state index contributed by atoms with van der Waals surface area (Å²) in [4.78, 5) is 11.0. The van der Waals surface area contributed by atoms with Crippen molar-refractivity contribution in [3.05, 3.63) is 35.4 Å². The SMILES string of the molecule is COC(=O)CC(O)C(O)c1cccc(CBr)c1. The van der Waals surface area contributed by atoms with Crippen molar-refractivity contribution in [1.29, 1.82) is 0 Å². The molecular formula is C12H15BrO4. The highest BCUT2D eigenvalue weighted by Crippen LogP contribution is 2.21. The number of hydrogen-bond acceptors (Lipinski definition) is 4. The smallest absolute Gasteiger partial charge is 0.308 e. The van der Waals surface area contributed by atoms with Gasteiger partial charge >= 0.3 is 5.97 Å². The van der Waals surface area contributed by atoms with Gasteiger partial charge in [-0.2, -0.15) is 0 Å². The first-order valence-corrected chi connectivity index (χ1v) is 6.28. The van der Waals surface area contributed by atoms with Gasteiger partial charge in [0.1, 0.15) is 6.10 Å².